The van der Waals surface area contributed by atoms with Crippen molar-refractivity contribution in [3.63, 3.8) is 0 Å². The molecule has 1 N–H and O–H groups in total. The van der Waals surface area contributed by atoms with Gasteiger partial charge in [0.05, 0.1) is 42.3 Å². The van der Waals surface area contributed by atoms with E-state index in [0.29, 0.717) is 32.1 Å². The van der Waals surface area contributed by atoms with Crippen molar-refractivity contribution in [2.75, 3.05) is 44.4 Å². The van der Waals surface area contributed by atoms with E-state index in [0.717, 1.165) is 39.2 Å². The fourth-order valence-electron chi connectivity index (χ4n) is 5.64. The monoisotopic (exact) mass is 605 g/mol. The molecule has 1 saturated heterocycles. The number of nitrogens with zero attached hydrogens (tertiary/aromatic N) is 5. The van der Waals surface area contributed by atoms with Gasteiger partial charge in [-0.05, 0) is 38.1 Å². The second-order valence-corrected chi connectivity index (χ2v) is 11.0. The van der Waals surface area contributed by atoms with Gasteiger partial charge in [0.1, 0.15) is 23.9 Å². The maximum Gasteiger partial charge on any atom is 0.329 e. The Balaban J connectivity index is 1.32. The summed E-state index contributed by atoms with van der Waals surface area (Å²) in [5.74, 6) is 0.0475. The van der Waals surface area contributed by atoms with Gasteiger partial charge < -0.3 is 24.4 Å². The summed E-state index contributed by atoms with van der Waals surface area (Å²) >= 11 is 0. The topological polar surface area (TPSA) is 110 Å². The molecule has 1 aliphatic heterocycles. The van der Waals surface area contributed by atoms with E-state index in [1.807, 2.05) is 97.4 Å². The molecule has 1 aliphatic rings. The zero-order valence-electron chi connectivity index (χ0n) is 25.3. The molecule has 1 fully saturated rings. The SMILES string of the molecule is CCOc1cccc(-n2cc(C(=O)N3CCN(c4cnc5ccccc5c4)C[C@@H]3COCC(=O)O)nc2-c2ccc(C)cc2)c1. The molecule has 3 aromatic carbocycles. The summed E-state index contributed by atoms with van der Waals surface area (Å²) in [7, 11) is 0. The first-order chi connectivity index (χ1) is 21.9. The largest absolute Gasteiger partial charge is 0.494 e. The van der Waals surface area contributed by atoms with Crippen molar-refractivity contribution >= 4 is 28.5 Å². The highest BCUT2D eigenvalue weighted by Gasteiger charge is 2.33. The van der Waals surface area contributed by atoms with Gasteiger partial charge >= 0.3 is 5.97 Å². The number of rotatable bonds is 10. The molecule has 0 aliphatic carbocycles. The predicted octanol–water partition coefficient (Wildman–Crippen LogP) is 5.23. The number of carbonyl (C=O) groups excluding carboxylic acids is 1. The molecule has 0 saturated carbocycles. The standard InChI is InChI=1S/C35H35N5O5/c1-3-45-30-9-6-8-27(18-30)40-21-32(37-34(40)25-13-11-24(2)12-14-25)35(43)39-16-15-38(20-29(39)22-44-23-33(41)42)28-17-26-7-4-5-10-31(26)36-19-28/h4-14,17-19,21,29H,3,15-16,20,22-23H2,1-2H3,(H,41,42)/t29-/m1/s1. The third-order valence-corrected chi connectivity index (χ3v) is 7.86. The van der Waals surface area contributed by atoms with Crippen molar-refractivity contribution in [1.82, 2.24) is 19.4 Å². The molecule has 10 heteroatoms. The Morgan fingerprint density at radius 1 is 0.978 bits per heavy atom. The summed E-state index contributed by atoms with van der Waals surface area (Å²) in [5, 5.41) is 10.2. The molecule has 3 heterocycles. The summed E-state index contributed by atoms with van der Waals surface area (Å²) in [6.07, 6.45) is 3.60. The van der Waals surface area contributed by atoms with Crippen LogP contribution in [0.3, 0.4) is 0 Å². The average Bonchev–Trinajstić information content (AvgIpc) is 3.50. The summed E-state index contributed by atoms with van der Waals surface area (Å²) in [5.41, 5.74) is 4.94. The molecule has 45 heavy (non-hydrogen) atoms. The summed E-state index contributed by atoms with van der Waals surface area (Å²) in [6.45, 7) is 5.54. The molecule has 2 aromatic heterocycles. The van der Waals surface area contributed by atoms with Gasteiger partial charge in [-0.15, -0.1) is 0 Å². The van der Waals surface area contributed by atoms with Gasteiger partial charge in [-0.1, -0.05) is 54.1 Å². The van der Waals surface area contributed by atoms with E-state index in [-0.39, 0.29) is 18.2 Å². The Morgan fingerprint density at radius 2 is 1.80 bits per heavy atom. The van der Waals surface area contributed by atoms with Crippen LogP contribution in [0.1, 0.15) is 23.0 Å². The quantitative estimate of drug-likeness (QED) is 0.231. The number of carboxylic acid groups (broad SMARTS) is 1. The number of imidazole rings is 1. The first-order valence-electron chi connectivity index (χ1n) is 15.0. The molecule has 230 valence electrons. The number of aryl methyl sites for hydroxylation is 1. The average molecular weight is 606 g/mol. The van der Waals surface area contributed by atoms with Crippen molar-refractivity contribution in [1.29, 1.82) is 0 Å². The number of hydrogen-bond acceptors (Lipinski definition) is 7. The number of benzene rings is 3. The molecular formula is C35H35N5O5. The highest BCUT2D eigenvalue weighted by atomic mass is 16.5. The van der Waals surface area contributed by atoms with Crippen LogP contribution in [0.4, 0.5) is 5.69 Å². The highest BCUT2D eigenvalue weighted by Crippen LogP contribution is 2.28. The van der Waals surface area contributed by atoms with Crippen LogP contribution >= 0.6 is 0 Å². The van der Waals surface area contributed by atoms with Crippen LogP contribution in [0, 0.1) is 6.92 Å². The van der Waals surface area contributed by atoms with E-state index in [1.54, 1.807) is 11.1 Å². The van der Waals surface area contributed by atoms with Gasteiger partial charge in [0.2, 0.25) is 0 Å². The fourth-order valence-corrected chi connectivity index (χ4v) is 5.64. The van der Waals surface area contributed by atoms with Crippen LogP contribution in [0.15, 0.2) is 91.3 Å². The third kappa shape index (κ3) is 6.66. The Hall–Kier alpha value is -5.22. The van der Waals surface area contributed by atoms with E-state index in [1.165, 1.54) is 0 Å². The van der Waals surface area contributed by atoms with Gasteiger partial charge in [0.15, 0.2) is 0 Å². The summed E-state index contributed by atoms with van der Waals surface area (Å²) < 4.78 is 13.2. The van der Waals surface area contributed by atoms with E-state index in [4.69, 9.17) is 14.5 Å². The second-order valence-electron chi connectivity index (χ2n) is 11.0. The molecule has 10 nitrogen and oxygen atoms in total. The van der Waals surface area contributed by atoms with Crippen LogP contribution in [-0.2, 0) is 9.53 Å². The van der Waals surface area contributed by atoms with Gasteiger partial charge in [0, 0.05) is 42.8 Å². The van der Waals surface area contributed by atoms with Crippen molar-refractivity contribution in [3.8, 4) is 22.8 Å². The molecule has 6 rings (SSSR count). The number of anilines is 1. The van der Waals surface area contributed by atoms with Crippen molar-refractivity contribution in [3.05, 3.63) is 103 Å². The normalized spacial score (nSPS) is 14.9. The van der Waals surface area contributed by atoms with Gasteiger partial charge in [-0.25, -0.2) is 9.78 Å². The molecular weight excluding hydrogens is 570 g/mol. The summed E-state index contributed by atoms with van der Waals surface area (Å²) in [6, 6.07) is 25.3. The lowest BCUT2D eigenvalue weighted by Gasteiger charge is -2.42. The molecule has 0 unspecified atom stereocenters. The van der Waals surface area contributed by atoms with Gasteiger partial charge in [0.25, 0.3) is 5.91 Å². The Morgan fingerprint density at radius 3 is 2.60 bits per heavy atom. The molecule has 0 bridgehead atoms. The number of fused-ring (bicyclic) bond motifs is 1. The first-order valence-corrected chi connectivity index (χ1v) is 15.0. The smallest absolute Gasteiger partial charge is 0.329 e. The number of piperazine rings is 1. The number of carboxylic acids is 1. The van der Waals surface area contributed by atoms with Crippen LogP contribution in [-0.4, -0.2) is 81.9 Å². The minimum absolute atomic E-state index is 0.0669. The molecule has 1 atom stereocenters. The van der Waals surface area contributed by atoms with Gasteiger partial charge in [-0.2, -0.15) is 0 Å². The van der Waals surface area contributed by atoms with E-state index < -0.39 is 18.6 Å². The zero-order valence-corrected chi connectivity index (χ0v) is 25.3. The highest BCUT2D eigenvalue weighted by molar-refractivity contribution is 5.93. The number of hydrogen-bond donors (Lipinski definition) is 1. The molecule has 5 aromatic rings. The van der Waals surface area contributed by atoms with E-state index in [9.17, 15) is 14.7 Å². The third-order valence-electron chi connectivity index (χ3n) is 7.86. The predicted molar refractivity (Wildman–Crippen MR) is 172 cm³/mol. The van der Waals surface area contributed by atoms with Crippen LogP contribution < -0.4 is 9.64 Å². The number of pyridine rings is 1. The molecule has 1 amide bonds. The minimum atomic E-state index is -1.06. The lowest BCUT2D eigenvalue weighted by Crippen LogP contribution is -2.57. The maximum absolute atomic E-state index is 14.2. The number of amides is 1. The van der Waals surface area contributed by atoms with E-state index >= 15 is 0 Å². The van der Waals surface area contributed by atoms with Crippen LogP contribution in [0.5, 0.6) is 5.75 Å². The maximum atomic E-state index is 14.2. The van der Waals surface area contributed by atoms with E-state index in [2.05, 4.69) is 16.0 Å². The molecule has 0 spiro atoms. The fraction of sp³-hybridized carbons (Fsp3) is 0.257. The van der Waals surface area contributed by atoms with Crippen molar-refractivity contribution in [2.45, 2.75) is 19.9 Å². The first kappa shape index (κ1) is 29.8. The number of aliphatic carboxylic acids is 1. The Bertz CT molecular complexity index is 1820. The van der Waals surface area contributed by atoms with Crippen LogP contribution in [0.2, 0.25) is 0 Å². The van der Waals surface area contributed by atoms with Gasteiger partial charge in [-0.3, -0.25) is 14.3 Å². The second kappa shape index (κ2) is 13.2. The number of aromatic nitrogens is 3. The Kier molecular flexibility index (Phi) is 8.74. The lowest BCUT2D eigenvalue weighted by atomic mass is 10.1. The van der Waals surface area contributed by atoms with Crippen LogP contribution in [0.25, 0.3) is 28.0 Å². The van der Waals surface area contributed by atoms with Crippen molar-refractivity contribution < 1.29 is 24.2 Å². The number of carbonyl (C=O) groups is 2. The van der Waals surface area contributed by atoms with Crippen molar-refractivity contribution in [2.24, 2.45) is 0 Å². The summed E-state index contributed by atoms with van der Waals surface area (Å²) in [4.78, 5) is 38.8. The number of para-hydroxylation sites is 1. The molecule has 0 radical (unpaired) electrons. The number of ether oxygens (including phenoxy) is 2. The Labute approximate surface area is 261 Å². The zero-order chi connectivity index (χ0) is 31.3. The minimum Gasteiger partial charge on any atom is -0.494 e. The lowest BCUT2D eigenvalue weighted by molar-refractivity contribution is -0.142.